The minimum atomic E-state index is 0.0589. The van der Waals surface area contributed by atoms with Gasteiger partial charge in [-0.1, -0.05) is 231 Å². The SMILES string of the molecule is c1ccc(-c2ccc(-c3ccc(C(c4ccc(-c5ccc(-c6ccccc6)cc5)cc4)c4ccc(-c5ccc(-c6ccc7c(c6)oc6ccccc67)cc5)cc4)cc3)cc2)cc1. The predicted octanol–water partition coefficient (Wildman–Crippen LogP) is 16.8. The Kier molecular flexibility index (Phi) is 9.69. The second-order valence-corrected chi connectivity index (χ2v) is 16.1. The first-order valence-electron chi connectivity index (χ1n) is 21.3. The molecule has 1 nitrogen and oxygen atoms in total. The molecule has 0 N–H and O–H groups in total. The standard InChI is InChI=1S/C61H42O/c1-3-9-42(10-4-1)44-15-19-46(20-16-44)49-27-33-53(34-28-49)61(54-35-29-50(30-36-54)47-21-17-45(18-22-47)43-11-5-2-6-12-43)55-37-31-51(32-38-55)48-23-25-52(26-24-48)56-39-40-58-57-13-7-8-14-59(57)62-60(58)41-56/h1-41,61H. The van der Waals surface area contributed by atoms with Crippen molar-refractivity contribution >= 4 is 21.9 Å². The molecule has 0 saturated carbocycles. The van der Waals surface area contributed by atoms with Crippen LogP contribution < -0.4 is 0 Å². The summed E-state index contributed by atoms with van der Waals surface area (Å²) in [6, 6.07) is 89.9. The zero-order valence-corrected chi connectivity index (χ0v) is 34.2. The van der Waals surface area contributed by atoms with Gasteiger partial charge in [-0.2, -0.15) is 0 Å². The maximum atomic E-state index is 6.19. The molecule has 11 aromatic rings. The lowest BCUT2D eigenvalue weighted by Crippen LogP contribution is -2.03. The molecule has 0 unspecified atom stereocenters. The van der Waals surface area contributed by atoms with Gasteiger partial charge in [0.2, 0.25) is 0 Å². The Morgan fingerprint density at radius 3 is 0.871 bits per heavy atom. The van der Waals surface area contributed by atoms with Gasteiger partial charge in [0, 0.05) is 16.7 Å². The fourth-order valence-corrected chi connectivity index (χ4v) is 8.91. The number of hydrogen-bond acceptors (Lipinski definition) is 1. The van der Waals surface area contributed by atoms with Crippen molar-refractivity contribution in [3.8, 4) is 66.8 Å². The molecule has 0 spiro atoms. The average molecular weight is 791 g/mol. The molecule has 0 saturated heterocycles. The molecule has 62 heavy (non-hydrogen) atoms. The molecular weight excluding hydrogens is 749 g/mol. The van der Waals surface area contributed by atoms with Crippen LogP contribution in [-0.2, 0) is 0 Å². The highest BCUT2D eigenvalue weighted by Gasteiger charge is 2.18. The summed E-state index contributed by atoms with van der Waals surface area (Å²) in [4.78, 5) is 0. The van der Waals surface area contributed by atoms with Crippen LogP contribution in [-0.4, -0.2) is 0 Å². The van der Waals surface area contributed by atoms with Gasteiger partial charge in [-0.25, -0.2) is 0 Å². The Morgan fingerprint density at radius 1 is 0.210 bits per heavy atom. The van der Waals surface area contributed by atoms with Crippen LogP contribution in [0.4, 0.5) is 0 Å². The van der Waals surface area contributed by atoms with Gasteiger partial charge in [-0.05, 0) is 102 Å². The molecule has 1 heterocycles. The number of para-hydroxylation sites is 1. The van der Waals surface area contributed by atoms with E-state index in [4.69, 9.17) is 4.42 Å². The highest BCUT2D eigenvalue weighted by Crippen LogP contribution is 2.37. The van der Waals surface area contributed by atoms with Gasteiger partial charge >= 0.3 is 0 Å². The number of hydrogen-bond donors (Lipinski definition) is 0. The molecule has 0 atom stereocenters. The Bertz CT molecular complexity index is 3130. The highest BCUT2D eigenvalue weighted by atomic mass is 16.3. The fraction of sp³-hybridized carbons (Fsp3) is 0.0164. The summed E-state index contributed by atoms with van der Waals surface area (Å²) in [5, 5.41) is 2.30. The Hall–Kier alpha value is -8.00. The van der Waals surface area contributed by atoms with Crippen LogP contribution in [0, 0.1) is 0 Å². The Morgan fingerprint density at radius 2 is 0.484 bits per heavy atom. The molecule has 11 rings (SSSR count). The third-order valence-corrected chi connectivity index (χ3v) is 12.3. The van der Waals surface area contributed by atoms with E-state index < -0.39 is 0 Å². The molecule has 10 aromatic carbocycles. The average Bonchev–Trinajstić information content (AvgIpc) is 3.74. The van der Waals surface area contributed by atoms with Crippen LogP contribution in [0.5, 0.6) is 0 Å². The third-order valence-electron chi connectivity index (χ3n) is 12.3. The van der Waals surface area contributed by atoms with Crippen LogP contribution in [0.15, 0.2) is 253 Å². The fourth-order valence-electron chi connectivity index (χ4n) is 8.91. The van der Waals surface area contributed by atoms with Crippen molar-refractivity contribution in [2.45, 2.75) is 5.92 Å². The number of fused-ring (bicyclic) bond motifs is 3. The molecule has 0 amide bonds. The van der Waals surface area contributed by atoms with Crippen molar-refractivity contribution in [1.82, 2.24) is 0 Å². The molecule has 0 radical (unpaired) electrons. The topological polar surface area (TPSA) is 13.1 Å². The van der Waals surface area contributed by atoms with Crippen LogP contribution in [0.1, 0.15) is 22.6 Å². The van der Waals surface area contributed by atoms with Gasteiger partial charge in [-0.3, -0.25) is 0 Å². The molecule has 0 aliphatic rings. The summed E-state index contributed by atoms with van der Waals surface area (Å²) in [7, 11) is 0. The zero-order valence-electron chi connectivity index (χ0n) is 34.2. The molecule has 0 aliphatic carbocycles. The van der Waals surface area contributed by atoms with E-state index in [1.807, 2.05) is 12.1 Å². The number of furan rings is 1. The first-order valence-corrected chi connectivity index (χ1v) is 21.3. The second kappa shape index (κ2) is 16.2. The van der Waals surface area contributed by atoms with E-state index in [1.54, 1.807) is 0 Å². The lowest BCUT2D eigenvalue weighted by Gasteiger charge is -2.20. The summed E-state index contributed by atoms with van der Waals surface area (Å²) in [5.74, 6) is 0.0589. The van der Waals surface area contributed by atoms with Crippen molar-refractivity contribution in [2.24, 2.45) is 0 Å². The van der Waals surface area contributed by atoms with Gasteiger partial charge in [0.1, 0.15) is 11.2 Å². The van der Waals surface area contributed by atoms with Crippen LogP contribution in [0.3, 0.4) is 0 Å². The monoisotopic (exact) mass is 790 g/mol. The largest absolute Gasteiger partial charge is 0.456 e. The van der Waals surface area contributed by atoms with E-state index >= 15 is 0 Å². The van der Waals surface area contributed by atoms with E-state index in [2.05, 4.69) is 237 Å². The first kappa shape index (κ1) is 37.0. The van der Waals surface area contributed by atoms with Gasteiger partial charge < -0.3 is 4.42 Å². The minimum absolute atomic E-state index is 0.0589. The molecule has 0 bridgehead atoms. The Balaban J connectivity index is 0.884. The summed E-state index contributed by atoms with van der Waals surface area (Å²) in [6.45, 7) is 0. The first-order chi connectivity index (χ1) is 30.7. The van der Waals surface area contributed by atoms with Crippen LogP contribution in [0.25, 0.3) is 88.7 Å². The van der Waals surface area contributed by atoms with E-state index in [-0.39, 0.29) is 5.92 Å². The predicted molar refractivity (Wildman–Crippen MR) is 260 cm³/mol. The van der Waals surface area contributed by atoms with E-state index in [0.717, 1.165) is 27.5 Å². The van der Waals surface area contributed by atoms with Gasteiger partial charge in [0.15, 0.2) is 0 Å². The highest BCUT2D eigenvalue weighted by molar-refractivity contribution is 6.05. The van der Waals surface area contributed by atoms with E-state index in [0.29, 0.717) is 0 Å². The zero-order chi connectivity index (χ0) is 41.2. The molecule has 0 fully saturated rings. The van der Waals surface area contributed by atoms with Gasteiger partial charge in [0.25, 0.3) is 0 Å². The van der Waals surface area contributed by atoms with Gasteiger partial charge in [0.05, 0.1) is 0 Å². The Labute approximate surface area is 362 Å². The van der Waals surface area contributed by atoms with Crippen molar-refractivity contribution in [3.63, 3.8) is 0 Å². The lowest BCUT2D eigenvalue weighted by molar-refractivity contribution is 0.669. The maximum Gasteiger partial charge on any atom is 0.136 e. The smallest absolute Gasteiger partial charge is 0.136 e. The van der Waals surface area contributed by atoms with Gasteiger partial charge in [-0.15, -0.1) is 0 Å². The van der Waals surface area contributed by atoms with Crippen LogP contribution >= 0.6 is 0 Å². The number of rotatable bonds is 9. The van der Waals surface area contributed by atoms with Crippen molar-refractivity contribution in [2.75, 3.05) is 0 Å². The molecule has 1 aromatic heterocycles. The van der Waals surface area contributed by atoms with Crippen molar-refractivity contribution < 1.29 is 4.42 Å². The summed E-state index contributed by atoms with van der Waals surface area (Å²) in [5.41, 5.74) is 20.0. The van der Waals surface area contributed by atoms with E-state index in [1.165, 1.54) is 77.9 Å². The molecule has 292 valence electrons. The summed E-state index contributed by atoms with van der Waals surface area (Å²) < 4.78 is 6.19. The van der Waals surface area contributed by atoms with Crippen molar-refractivity contribution in [3.05, 3.63) is 265 Å². The number of benzene rings is 10. The second-order valence-electron chi connectivity index (χ2n) is 16.1. The quantitative estimate of drug-likeness (QED) is 0.133. The summed E-state index contributed by atoms with van der Waals surface area (Å²) in [6.07, 6.45) is 0. The molecular formula is C61H42O. The summed E-state index contributed by atoms with van der Waals surface area (Å²) >= 11 is 0. The molecule has 0 aliphatic heterocycles. The maximum absolute atomic E-state index is 6.19. The minimum Gasteiger partial charge on any atom is -0.456 e. The lowest BCUT2D eigenvalue weighted by atomic mass is 9.83. The van der Waals surface area contributed by atoms with Crippen LogP contribution in [0.2, 0.25) is 0 Å². The molecule has 1 heteroatoms. The normalized spacial score (nSPS) is 11.4. The van der Waals surface area contributed by atoms with E-state index in [9.17, 15) is 0 Å². The van der Waals surface area contributed by atoms with Crippen molar-refractivity contribution in [1.29, 1.82) is 0 Å². The third kappa shape index (κ3) is 7.31.